The van der Waals surface area contributed by atoms with Crippen molar-refractivity contribution >= 4 is 22.7 Å². The minimum atomic E-state index is -0.118. The molecule has 28 heavy (non-hydrogen) atoms. The number of H-pyrrole nitrogens is 1. The highest BCUT2D eigenvalue weighted by Crippen LogP contribution is 2.33. The summed E-state index contributed by atoms with van der Waals surface area (Å²) in [6, 6.07) is 8.13. The van der Waals surface area contributed by atoms with E-state index in [4.69, 9.17) is 0 Å². The lowest BCUT2D eigenvalue weighted by molar-refractivity contribution is -0.129. The first kappa shape index (κ1) is 19.0. The quantitative estimate of drug-likeness (QED) is 0.868. The lowest BCUT2D eigenvalue weighted by Crippen LogP contribution is -2.62. The Hall–Kier alpha value is -2.34. The maximum absolute atomic E-state index is 13.5. The monoisotopic (exact) mass is 382 g/mol. The topological polar surface area (TPSA) is 59.7 Å². The predicted octanol–water partition coefficient (Wildman–Crippen LogP) is 2.50. The number of hydrogen-bond acceptors (Lipinski definition) is 3. The number of rotatable bonds is 2. The van der Waals surface area contributed by atoms with E-state index in [0.717, 1.165) is 61.1 Å². The van der Waals surface area contributed by atoms with Gasteiger partial charge in [0.05, 0.1) is 0 Å². The van der Waals surface area contributed by atoms with Crippen LogP contribution in [0, 0.1) is 0 Å². The van der Waals surface area contributed by atoms with E-state index >= 15 is 0 Å². The van der Waals surface area contributed by atoms with Crippen molar-refractivity contribution in [2.45, 2.75) is 38.1 Å². The Morgan fingerprint density at radius 1 is 1.14 bits per heavy atom. The summed E-state index contributed by atoms with van der Waals surface area (Å²) < 4.78 is 0. The van der Waals surface area contributed by atoms with Gasteiger partial charge in [-0.15, -0.1) is 0 Å². The first-order valence-electron chi connectivity index (χ1n) is 10.3. The van der Waals surface area contributed by atoms with Gasteiger partial charge in [-0.1, -0.05) is 25.1 Å². The number of nitrogens with zero attached hydrogens (tertiary/aromatic N) is 3. The van der Waals surface area contributed by atoms with Crippen molar-refractivity contribution in [3.8, 4) is 0 Å². The molecule has 2 aliphatic rings. The number of likely N-dealkylation sites (N-methyl/N-ethyl adjacent to an activating group) is 1. The summed E-state index contributed by atoms with van der Waals surface area (Å²) in [7, 11) is 4.02. The fraction of sp³-hybridized carbons (Fsp3) is 0.545. The SMILES string of the molecule is CCc1c(C(=O)N2CCN(C)[C@@]3(CCC(=O)N(C)CC3)C2)[nH]c2ccccc12. The number of amides is 2. The van der Waals surface area contributed by atoms with Crippen LogP contribution in [-0.2, 0) is 11.2 Å². The Balaban J connectivity index is 1.63. The fourth-order valence-corrected chi connectivity index (χ4v) is 4.84. The third-order valence-corrected chi connectivity index (χ3v) is 6.81. The second kappa shape index (κ2) is 7.24. The standard InChI is InChI=1S/C22H30N4O2/c1-4-16-17-7-5-6-8-18(17)23-20(16)21(28)26-14-13-25(3)22(15-26)10-9-19(27)24(2)12-11-22/h5-8,23H,4,9-15H2,1-3H3/t22-/m1/s1. The van der Waals surface area contributed by atoms with Crippen LogP contribution in [0.1, 0.15) is 42.2 Å². The van der Waals surface area contributed by atoms with E-state index in [0.29, 0.717) is 13.0 Å². The number of aryl methyl sites for hydroxylation is 1. The smallest absolute Gasteiger partial charge is 0.270 e. The summed E-state index contributed by atoms with van der Waals surface area (Å²) in [6.07, 6.45) is 3.09. The van der Waals surface area contributed by atoms with Crippen LogP contribution in [0.25, 0.3) is 10.9 Å². The molecule has 4 rings (SSSR count). The first-order chi connectivity index (χ1) is 13.4. The van der Waals surface area contributed by atoms with E-state index in [1.807, 2.05) is 35.0 Å². The van der Waals surface area contributed by atoms with Gasteiger partial charge in [-0.2, -0.15) is 0 Å². The summed E-state index contributed by atoms with van der Waals surface area (Å²) in [4.78, 5) is 35.3. The van der Waals surface area contributed by atoms with Crippen LogP contribution in [0.2, 0.25) is 0 Å². The zero-order valence-electron chi connectivity index (χ0n) is 17.1. The lowest BCUT2D eigenvalue weighted by Gasteiger charge is -2.49. The highest BCUT2D eigenvalue weighted by molar-refractivity contribution is 6.01. The number of fused-ring (bicyclic) bond motifs is 1. The van der Waals surface area contributed by atoms with Gasteiger partial charge in [-0.3, -0.25) is 14.5 Å². The Kier molecular flexibility index (Phi) is 4.91. The molecule has 0 aliphatic carbocycles. The molecule has 0 radical (unpaired) electrons. The normalized spacial score (nSPS) is 24.2. The molecule has 0 saturated carbocycles. The molecular formula is C22H30N4O2. The van der Waals surface area contributed by atoms with Gasteiger partial charge in [0.15, 0.2) is 0 Å². The Morgan fingerprint density at radius 3 is 2.71 bits per heavy atom. The zero-order valence-corrected chi connectivity index (χ0v) is 17.1. The number of nitrogens with one attached hydrogen (secondary N) is 1. The Labute approximate surface area is 166 Å². The molecule has 2 fully saturated rings. The highest BCUT2D eigenvalue weighted by Gasteiger charge is 2.43. The molecule has 1 aromatic carbocycles. The summed E-state index contributed by atoms with van der Waals surface area (Å²) in [5.74, 6) is 0.294. The number of carbonyl (C=O) groups excluding carboxylic acids is 2. The summed E-state index contributed by atoms with van der Waals surface area (Å²) in [5, 5.41) is 1.14. The molecule has 0 bridgehead atoms. The molecular weight excluding hydrogens is 352 g/mol. The van der Waals surface area contributed by atoms with Crippen molar-refractivity contribution in [3.05, 3.63) is 35.5 Å². The lowest BCUT2D eigenvalue weighted by atomic mass is 9.86. The van der Waals surface area contributed by atoms with Crippen molar-refractivity contribution in [1.82, 2.24) is 19.7 Å². The van der Waals surface area contributed by atoms with Crippen molar-refractivity contribution in [2.24, 2.45) is 0 Å². The Bertz CT molecular complexity index is 905. The van der Waals surface area contributed by atoms with E-state index in [1.165, 1.54) is 0 Å². The summed E-state index contributed by atoms with van der Waals surface area (Å²) >= 11 is 0. The molecule has 0 unspecified atom stereocenters. The van der Waals surface area contributed by atoms with Crippen LogP contribution in [0.5, 0.6) is 0 Å². The van der Waals surface area contributed by atoms with Crippen molar-refractivity contribution in [2.75, 3.05) is 40.3 Å². The van der Waals surface area contributed by atoms with Crippen LogP contribution in [0.3, 0.4) is 0 Å². The van der Waals surface area contributed by atoms with Crippen molar-refractivity contribution in [1.29, 1.82) is 0 Å². The number of piperazine rings is 1. The molecule has 1 atom stereocenters. The first-order valence-corrected chi connectivity index (χ1v) is 10.3. The number of likely N-dealkylation sites (tertiary alicyclic amines) is 1. The molecule has 1 N–H and O–H groups in total. The highest BCUT2D eigenvalue weighted by atomic mass is 16.2. The van der Waals surface area contributed by atoms with Crippen LogP contribution >= 0.6 is 0 Å². The number of aromatic amines is 1. The van der Waals surface area contributed by atoms with Gasteiger partial charge >= 0.3 is 0 Å². The van der Waals surface area contributed by atoms with Crippen LogP contribution in [-0.4, -0.2) is 77.3 Å². The fourth-order valence-electron chi connectivity index (χ4n) is 4.84. The molecule has 1 spiro atoms. The number of carbonyl (C=O) groups is 2. The number of para-hydroxylation sites is 1. The van der Waals surface area contributed by atoms with Crippen LogP contribution < -0.4 is 0 Å². The van der Waals surface area contributed by atoms with Crippen molar-refractivity contribution < 1.29 is 9.59 Å². The molecule has 2 aliphatic heterocycles. The molecule has 6 nitrogen and oxygen atoms in total. The van der Waals surface area contributed by atoms with E-state index in [9.17, 15) is 9.59 Å². The molecule has 2 aromatic rings. The number of hydrogen-bond donors (Lipinski definition) is 1. The predicted molar refractivity (Wildman–Crippen MR) is 110 cm³/mol. The van der Waals surface area contributed by atoms with E-state index in [1.54, 1.807) is 0 Å². The average molecular weight is 383 g/mol. The molecule has 2 saturated heterocycles. The minimum Gasteiger partial charge on any atom is -0.350 e. The molecule has 6 heteroatoms. The van der Waals surface area contributed by atoms with Gasteiger partial charge in [-0.25, -0.2) is 0 Å². The summed E-state index contributed by atoms with van der Waals surface area (Å²) in [6.45, 7) is 5.09. The van der Waals surface area contributed by atoms with Crippen LogP contribution in [0.4, 0.5) is 0 Å². The average Bonchev–Trinajstić information content (AvgIpc) is 3.03. The maximum Gasteiger partial charge on any atom is 0.270 e. The van der Waals surface area contributed by atoms with E-state index < -0.39 is 0 Å². The molecule has 150 valence electrons. The third kappa shape index (κ3) is 3.09. The third-order valence-electron chi connectivity index (χ3n) is 6.81. The van der Waals surface area contributed by atoms with Gasteiger partial charge < -0.3 is 14.8 Å². The number of benzene rings is 1. The largest absolute Gasteiger partial charge is 0.350 e. The summed E-state index contributed by atoms with van der Waals surface area (Å²) in [5.41, 5.74) is 2.73. The van der Waals surface area contributed by atoms with Gasteiger partial charge in [0.1, 0.15) is 5.69 Å². The molecule has 1 aromatic heterocycles. The van der Waals surface area contributed by atoms with Gasteiger partial charge in [0.25, 0.3) is 5.91 Å². The van der Waals surface area contributed by atoms with Crippen molar-refractivity contribution in [3.63, 3.8) is 0 Å². The van der Waals surface area contributed by atoms with Gasteiger partial charge in [-0.05, 0) is 37.9 Å². The Morgan fingerprint density at radius 2 is 1.93 bits per heavy atom. The van der Waals surface area contributed by atoms with Gasteiger partial charge in [0.2, 0.25) is 5.91 Å². The second-order valence-corrected chi connectivity index (χ2v) is 8.32. The molecule has 3 heterocycles. The maximum atomic E-state index is 13.5. The second-order valence-electron chi connectivity index (χ2n) is 8.32. The number of aromatic nitrogens is 1. The van der Waals surface area contributed by atoms with Crippen LogP contribution in [0.15, 0.2) is 24.3 Å². The minimum absolute atomic E-state index is 0.0875. The van der Waals surface area contributed by atoms with E-state index in [-0.39, 0.29) is 17.4 Å². The van der Waals surface area contributed by atoms with Gasteiger partial charge in [0, 0.05) is 56.1 Å². The van der Waals surface area contributed by atoms with E-state index in [2.05, 4.69) is 29.9 Å². The zero-order chi connectivity index (χ0) is 19.9. The molecule has 2 amide bonds.